The predicted octanol–water partition coefficient (Wildman–Crippen LogP) is 4.82. The number of hydrogen-bond acceptors (Lipinski definition) is 5. The molecule has 2 aliphatic rings. The third-order valence-electron chi connectivity index (χ3n) is 7.85. The number of hydrogen-bond donors (Lipinski definition) is 2. The molecule has 0 spiro atoms. The fraction of sp³-hybridized carbons (Fsp3) is 0.344. The number of nitrogens with one attached hydrogen (secondary N) is 1. The lowest BCUT2D eigenvalue weighted by atomic mass is 9.74. The maximum atomic E-state index is 13.6. The lowest BCUT2D eigenvalue weighted by Crippen LogP contribution is -2.70. The van der Waals surface area contributed by atoms with E-state index in [2.05, 4.69) is 17.4 Å². The summed E-state index contributed by atoms with van der Waals surface area (Å²) in [6.45, 7) is 5.88. The number of rotatable bonds is 9. The van der Waals surface area contributed by atoms with Gasteiger partial charge in [0.2, 0.25) is 5.91 Å². The van der Waals surface area contributed by atoms with Crippen LogP contribution in [0.5, 0.6) is 0 Å². The number of amides is 2. The van der Waals surface area contributed by atoms with Crippen molar-refractivity contribution in [2.75, 3.05) is 13.2 Å². The average molecular weight is 543 g/mol. The van der Waals surface area contributed by atoms with Crippen LogP contribution in [0.2, 0.25) is 0 Å². The largest absolute Gasteiger partial charge is 0.480 e. The summed E-state index contributed by atoms with van der Waals surface area (Å²) < 4.78 is 11.7. The number of carbonyl (C=O) groups is 3. The van der Waals surface area contributed by atoms with E-state index in [1.54, 1.807) is 20.8 Å². The standard InChI is InChI=1S/C32H34N2O6/c1-20(39-17-21-11-5-4-6-12-21)27(29(35)34-19-32(2,3)28(34)30(36)37)33-31(38)40-18-26-24-15-9-7-13-22(24)23-14-8-10-16-25(23)26/h4-16,20,26-28H,17-19H2,1-3H3,(H,33,38)(H,36,37)/t20-,27+,28?/m0/s1. The van der Waals surface area contributed by atoms with Gasteiger partial charge >= 0.3 is 12.1 Å². The summed E-state index contributed by atoms with van der Waals surface area (Å²) in [5.74, 6) is -1.73. The Labute approximate surface area is 233 Å². The van der Waals surface area contributed by atoms with Crippen molar-refractivity contribution in [3.05, 3.63) is 95.6 Å². The molecule has 1 fully saturated rings. The van der Waals surface area contributed by atoms with Crippen LogP contribution in [0, 0.1) is 5.41 Å². The molecule has 208 valence electrons. The summed E-state index contributed by atoms with van der Waals surface area (Å²) in [6.07, 6.45) is -1.51. The molecule has 0 saturated carbocycles. The zero-order chi connectivity index (χ0) is 28.4. The van der Waals surface area contributed by atoms with Gasteiger partial charge in [-0.25, -0.2) is 9.59 Å². The molecule has 0 radical (unpaired) electrons. The molecule has 5 rings (SSSR count). The van der Waals surface area contributed by atoms with Crippen molar-refractivity contribution in [3.63, 3.8) is 0 Å². The van der Waals surface area contributed by atoms with Crippen molar-refractivity contribution in [2.45, 2.75) is 51.5 Å². The highest BCUT2D eigenvalue weighted by molar-refractivity contribution is 5.91. The Hall–Kier alpha value is -4.17. The second kappa shape index (κ2) is 11.1. The molecule has 1 saturated heterocycles. The summed E-state index contributed by atoms with van der Waals surface area (Å²) in [6, 6.07) is 23.4. The van der Waals surface area contributed by atoms with Crippen molar-refractivity contribution < 1.29 is 29.0 Å². The Balaban J connectivity index is 1.30. The fourth-order valence-corrected chi connectivity index (χ4v) is 5.82. The molecule has 0 aromatic heterocycles. The van der Waals surface area contributed by atoms with E-state index in [1.165, 1.54) is 4.90 Å². The second-order valence-electron chi connectivity index (χ2n) is 11.1. The van der Waals surface area contributed by atoms with Gasteiger partial charge < -0.3 is 24.8 Å². The molecule has 8 heteroatoms. The third kappa shape index (κ3) is 5.31. The molecular weight excluding hydrogens is 508 g/mol. The van der Waals surface area contributed by atoms with E-state index < -0.39 is 41.6 Å². The van der Waals surface area contributed by atoms with Crippen molar-refractivity contribution in [1.29, 1.82) is 0 Å². The quantitative estimate of drug-likeness (QED) is 0.402. The van der Waals surface area contributed by atoms with Crippen LogP contribution < -0.4 is 5.32 Å². The molecule has 2 amide bonds. The van der Waals surface area contributed by atoms with Crippen LogP contribution in [-0.2, 0) is 25.7 Å². The van der Waals surface area contributed by atoms with Crippen LogP contribution in [0.15, 0.2) is 78.9 Å². The highest BCUT2D eigenvalue weighted by Gasteiger charge is 2.54. The van der Waals surface area contributed by atoms with Crippen LogP contribution in [0.3, 0.4) is 0 Å². The van der Waals surface area contributed by atoms with Gasteiger partial charge in [-0.2, -0.15) is 0 Å². The predicted molar refractivity (Wildman–Crippen MR) is 150 cm³/mol. The van der Waals surface area contributed by atoms with Gasteiger partial charge in [-0.1, -0.05) is 92.7 Å². The summed E-state index contributed by atoms with van der Waals surface area (Å²) >= 11 is 0. The van der Waals surface area contributed by atoms with Crippen molar-refractivity contribution in [3.8, 4) is 11.1 Å². The molecule has 8 nitrogen and oxygen atoms in total. The molecule has 1 heterocycles. The number of alkyl carbamates (subject to hydrolysis) is 1. The Morgan fingerprint density at radius 3 is 2.10 bits per heavy atom. The number of likely N-dealkylation sites (tertiary alicyclic amines) is 1. The Kier molecular flexibility index (Phi) is 7.63. The number of carbonyl (C=O) groups excluding carboxylic acids is 2. The van der Waals surface area contributed by atoms with E-state index in [-0.39, 0.29) is 25.7 Å². The van der Waals surface area contributed by atoms with Gasteiger partial charge in [0.05, 0.1) is 12.7 Å². The maximum absolute atomic E-state index is 13.6. The minimum absolute atomic E-state index is 0.0918. The van der Waals surface area contributed by atoms with Crippen LogP contribution in [-0.4, -0.2) is 59.3 Å². The number of fused-ring (bicyclic) bond motifs is 3. The zero-order valence-corrected chi connectivity index (χ0v) is 22.9. The van der Waals surface area contributed by atoms with Gasteiger partial charge in [-0.05, 0) is 34.7 Å². The van der Waals surface area contributed by atoms with Crippen molar-refractivity contribution in [1.82, 2.24) is 10.2 Å². The zero-order valence-electron chi connectivity index (χ0n) is 22.9. The molecule has 1 unspecified atom stereocenters. The number of nitrogens with zero attached hydrogens (tertiary/aromatic N) is 1. The lowest BCUT2D eigenvalue weighted by molar-refractivity contribution is -0.174. The number of carboxylic acid groups (broad SMARTS) is 1. The Morgan fingerprint density at radius 2 is 1.52 bits per heavy atom. The molecular formula is C32H34N2O6. The van der Waals surface area contributed by atoms with Crippen LogP contribution in [0.1, 0.15) is 43.4 Å². The van der Waals surface area contributed by atoms with Gasteiger partial charge in [-0.3, -0.25) is 4.79 Å². The first-order valence-corrected chi connectivity index (χ1v) is 13.5. The highest BCUT2D eigenvalue weighted by Crippen LogP contribution is 2.44. The van der Waals surface area contributed by atoms with Crippen LogP contribution in [0.4, 0.5) is 4.79 Å². The normalized spacial score (nSPS) is 18.6. The monoisotopic (exact) mass is 542 g/mol. The molecule has 2 N–H and O–H groups in total. The highest BCUT2D eigenvalue weighted by atomic mass is 16.5. The molecule has 3 aromatic rings. The first-order valence-electron chi connectivity index (χ1n) is 13.5. The van der Waals surface area contributed by atoms with Gasteiger partial charge in [0.15, 0.2) is 0 Å². The summed E-state index contributed by atoms with van der Waals surface area (Å²) in [5.41, 5.74) is 4.72. The minimum Gasteiger partial charge on any atom is -0.480 e. The first-order chi connectivity index (χ1) is 19.2. The van der Waals surface area contributed by atoms with E-state index in [0.29, 0.717) is 0 Å². The Morgan fingerprint density at radius 1 is 0.950 bits per heavy atom. The van der Waals surface area contributed by atoms with Crippen molar-refractivity contribution >= 4 is 18.0 Å². The molecule has 1 aliphatic carbocycles. The van der Waals surface area contributed by atoms with Gasteiger partial charge in [-0.15, -0.1) is 0 Å². The molecule has 3 aromatic carbocycles. The number of benzene rings is 3. The smallest absolute Gasteiger partial charge is 0.407 e. The van der Waals surface area contributed by atoms with Crippen LogP contribution in [0.25, 0.3) is 11.1 Å². The van der Waals surface area contributed by atoms with Crippen molar-refractivity contribution in [2.24, 2.45) is 5.41 Å². The van der Waals surface area contributed by atoms with E-state index in [1.807, 2.05) is 66.7 Å². The molecule has 3 atom stereocenters. The number of carboxylic acids is 1. The summed E-state index contributed by atoms with van der Waals surface area (Å²) in [7, 11) is 0. The second-order valence-corrected chi connectivity index (χ2v) is 11.1. The molecule has 0 bridgehead atoms. The van der Waals surface area contributed by atoms with E-state index in [0.717, 1.165) is 27.8 Å². The van der Waals surface area contributed by atoms with Gasteiger partial charge in [0.1, 0.15) is 18.7 Å². The maximum Gasteiger partial charge on any atom is 0.407 e. The molecule has 40 heavy (non-hydrogen) atoms. The number of aliphatic carboxylic acids is 1. The third-order valence-corrected chi connectivity index (χ3v) is 7.85. The van der Waals surface area contributed by atoms with E-state index in [4.69, 9.17) is 9.47 Å². The SMILES string of the molecule is C[C@H](OCc1ccccc1)[C@@H](NC(=O)OCC1c2ccccc2-c2ccccc21)C(=O)N1CC(C)(C)C1C(=O)O. The van der Waals surface area contributed by atoms with Gasteiger partial charge in [0, 0.05) is 17.9 Å². The fourth-order valence-electron chi connectivity index (χ4n) is 5.82. The Bertz CT molecular complexity index is 1360. The topological polar surface area (TPSA) is 105 Å². The summed E-state index contributed by atoms with van der Waals surface area (Å²) in [4.78, 5) is 40.0. The number of ether oxygens (including phenoxy) is 2. The van der Waals surface area contributed by atoms with Crippen LogP contribution >= 0.6 is 0 Å². The lowest BCUT2D eigenvalue weighted by Gasteiger charge is -2.52. The van der Waals surface area contributed by atoms with E-state index >= 15 is 0 Å². The van der Waals surface area contributed by atoms with Gasteiger partial charge in [0.25, 0.3) is 0 Å². The first kappa shape index (κ1) is 27.4. The summed E-state index contributed by atoms with van der Waals surface area (Å²) in [5, 5.41) is 12.5. The minimum atomic E-state index is -1.13. The van der Waals surface area contributed by atoms with E-state index in [9.17, 15) is 19.5 Å². The molecule has 1 aliphatic heterocycles. The average Bonchev–Trinajstić information content (AvgIpc) is 3.26.